The molecule has 3 N–H and O–H groups in total. The number of aliphatic hydroxyl groups excluding tert-OH is 1. The predicted octanol–water partition coefficient (Wildman–Crippen LogP) is 0.282. The Morgan fingerprint density at radius 1 is 1.50 bits per heavy atom. The van der Waals surface area contributed by atoms with Crippen LogP contribution in [0, 0.1) is 6.92 Å². The summed E-state index contributed by atoms with van der Waals surface area (Å²) in [5.41, 5.74) is 1.12. The Kier molecular flexibility index (Phi) is 3.50. The first kappa shape index (κ1) is 12.8. The summed E-state index contributed by atoms with van der Waals surface area (Å²) in [6, 6.07) is 3.02. The van der Waals surface area contributed by atoms with Crippen molar-refractivity contribution < 1.29 is 18.0 Å². The summed E-state index contributed by atoms with van der Waals surface area (Å²) in [5.74, 6) is 0.439. The molecule has 2 rings (SSSR count). The van der Waals surface area contributed by atoms with Crippen LogP contribution in [0.2, 0.25) is 0 Å². The van der Waals surface area contributed by atoms with Crippen molar-refractivity contribution in [2.24, 2.45) is 0 Å². The molecule has 8 heteroatoms. The molecule has 18 heavy (non-hydrogen) atoms. The smallest absolute Gasteiger partial charge is 0.242 e. The summed E-state index contributed by atoms with van der Waals surface area (Å²) in [7, 11) is -3.62. The van der Waals surface area contributed by atoms with Crippen LogP contribution in [0.3, 0.4) is 0 Å². The van der Waals surface area contributed by atoms with Crippen LogP contribution in [0.15, 0.2) is 27.7 Å². The molecule has 0 aromatic carbocycles. The van der Waals surface area contributed by atoms with Crippen LogP contribution in [0.5, 0.6) is 0 Å². The Bertz CT molecular complexity index is 629. The highest BCUT2D eigenvalue weighted by Gasteiger charge is 2.16. The zero-order valence-corrected chi connectivity index (χ0v) is 10.5. The van der Waals surface area contributed by atoms with Gasteiger partial charge in [-0.05, 0) is 13.0 Å². The molecule has 7 nitrogen and oxygen atoms in total. The Labute approximate surface area is 104 Å². The topological polar surface area (TPSA) is 108 Å². The molecule has 2 aromatic heterocycles. The van der Waals surface area contributed by atoms with Crippen molar-refractivity contribution in [1.29, 1.82) is 0 Å². The molecule has 0 aliphatic carbocycles. The van der Waals surface area contributed by atoms with Crippen molar-refractivity contribution in [3.8, 4) is 0 Å². The molecule has 0 aliphatic heterocycles. The third kappa shape index (κ3) is 2.78. The van der Waals surface area contributed by atoms with Gasteiger partial charge >= 0.3 is 0 Å². The fourth-order valence-corrected chi connectivity index (χ4v) is 2.42. The molecule has 0 aliphatic rings. The Morgan fingerprint density at radius 3 is 2.83 bits per heavy atom. The van der Waals surface area contributed by atoms with E-state index in [1.807, 2.05) is 0 Å². The Morgan fingerprint density at radius 2 is 2.28 bits per heavy atom. The number of nitrogens with one attached hydrogen (secondary N) is 2. The van der Waals surface area contributed by atoms with Crippen LogP contribution in [-0.4, -0.2) is 23.7 Å². The fraction of sp³-hybridized carbons (Fsp3) is 0.300. The standard InChI is InChI=1S/C10H13N3O4S/c1-7-2-9(17-13-7)4-12-18(15,16)10-3-8(6-14)11-5-10/h2-3,5,11-12,14H,4,6H2,1H3. The molecule has 2 aromatic rings. The van der Waals surface area contributed by atoms with Gasteiger partial charge in [-0.1, -0.05) is 5.16 Å². The van der Waals surface area contributed by atoms with Crippen molar-refractivity contribution in [3.05, 3.63) is 35.5 Å². The predicted molar refractivity (Wildman–Crippen MR) is 62.0 cm³/mol. The number of aryl methyl sites for hydroxylation is 1. The lowest BCUT2D eigenvalue weighted by atomic mass is 10.4. The van der Waals surface area contributed by atoms with Gasteiger partial charge in [0.15, 0.2) is 5.76 Å². The molecule has 0 fully saturated rings. The second kappa shape index (κ2) is 4.92. The van der Waals surface area contributed by atoms with Crippen molar-refractivity contribution >= 4 is 10.0 Å². The molecule has 0 bridgehead atoms. The van der Waals surface area contributed by atoms with E-state index in [0.29, 0.717) is 17.1 Å². The summed E-state index contributed by atoms with van der Waals surface area (Å²) in [6.45, 7) is 1.54. The number of aromatic amines is 1. The minimum atomic E-state index is -3.62. The number of hydrogen-bond donors (Lipinski definition) is 3. The molecule has 0 spiro atoms. The van der Waals surface area contributed by atoms with Crippen molar-refractivity contribution in [2.75, 3.05) is 0 Å². The van der Waals surface area contributed by atoms with E-state index < -0.39 is 10.0 Å². The summed E-state index contributed by atoms with van der Waals surface area (Å²) >= 11 is 0. The number of hydrogen-bond acceptors (Lipinski definition) is 5. The highest BCUT2D eigenvalue weighted by molar-refractivity contribution is 7.89. The summed E-state index contributed by atoms with van der Waals surface area (Å²) in [5, 5.41) is 12.5. The van der Waals surface area contributed by atoms with E-state index in [4.69, 9.17) is 9.63 Å². The first-order valence-electron chi connectivity index (χ1n) is 5.21. The van der Waals surface area contributed by atoms with Gasteiger partial charge in [0.25, 0.3) is 0 Å². The Balaban J connectivity index is 2.07. The number of sulfonamides is 1. The van der Waals surface area contributed by atoms with Gasteiger partial charge in [-0.3, -0.25) is 0 Å². The van der Waals surface area contributed by atoms with Crippen molar-refractivity contribution in [1.82, 2.24) is 14.9 Å². The molecule has 0 atom stereocenters. The zero-order valence-electron chi connectivity index (χ0n) is 9.67. The molecule has 0 saturated carbocycles. The second-order valence-electron chi connectivity index (χ2n) is 3.78. The molecule has 0 amide bonds. The number of aliphatic hydroxyl groups is 1. The van der Waals surface area contributed by atoms with E-state index in [0.717, 1.165) is 0 Å². The van der Waals surface area contributed by atoms with E-state index >= 15 is 0 Å². The largest absolute Gasteiger partial charge is 0.390 e. The van der Waals surface area contributed by atoms with Crippen LogP contribution in [0.4, 0.5) is 0 Å². The van der Waals surface area contributed by atoms with E-state index in [1.165, 1.54) is 12.3 Å². The van der Waals surface area contributed by atoms with Crippen LogP contribution in [-0.2, 0) is 23.2 Å². The van der Waals surface area contributed by atoms with Gasteiger partial charge in [-0.2, -0.15) is 0 Å². The summed E-state index contributed by atoms with van der Waals surface area (Å²) in [6.07, 6.45) is 1.32. The van der Waals surface area contributed by atoms with Gasteiger partial charge in [-0.25, -0.2) is 13.1 Å². The molecule has 0 saturated heterocycles. The molecule has 2 heterocycles. The van der Waals surface area contributed by atoms with Gasteiger partial charge in [-0.15, -0.1) is 0 Å². The number of rotatable bonds is 5. The monoisotopic (exact) mass is 271 g/mol. The van der Waals surface area contributed by atoms with Gasteiger partial charge < -0.3 is 14.6 Å². The zero-order chi connectivity index (χ0) is 13.2. The summed E-state index contributed by atoms with van der Waals surface area (Å²) in [4.78, 5) is 2.73. The lowest BCUT2D eigenvalue weighted by Crippen LogP contribution is -2.22. The maximum absolute atomic E-state index is 11.9. The second-order valence-corrected chi connectivity index (χ2v) is 5.54. The van der Waals surface area contributed by atoms with E-state index in [-0.39, 0.29) is 18.0 Å². The van der Waals surface area contributed by atoms with E-state index in [1.54, 1.807) is 13.0 Å². The highest BCUT2D eigenvalue weighted by Crippen LogP contribution is 2.11. The van der Waals surface area contributed by atoms with E-state index in [9.17, 15) is 8.42 Å². The van der Waals surface area contributed by atoms with Gasteiger partial charge in [0.05, 0.1) is 23.7 Å². The lowest BCUT2D eigenvalue weighted by Gasteiger charge is -2.01. The molecule has 98 valence electrons. The van der Waals surface area contributed by atoms with Gasteiger partial charge in [0.1, 0.15) is 0 Å². The number of nitrogens with zero attached hydrogens (tertiary/aromatic N) is 1. The third-order valence-electron chi connectivity index (χ3n) is 2.31. The van der Waals surface area contributed by atoms with Gasteiger partial charge in [0.2, 0.25) is 10.0 Å². The van der Waals surface area contributed by atoms with Crippen LogP contribution in [0.25, 0.3) is 0 Å². The highest BCUT2D eigenvalue weighted by atomic mass is 32.2. The quantitative estimate of drug-likeness (QED) is 0.724. The maximum Gasteiger partial charge on any atom is 0.242 e. The Hall–Kier alpha value is -1.64. The first-order chi connectivity index (χ1) is 8.51. The van der Waals surface area contributed by atoms with Crippen LogP contribution in [0.1, 0.15) is 17.1 Å². The third-order valence-corrected chi connectivity index (χ3v) is 3.69. The first-order valence-corrected chi connectivity index (χ1v) is 6.69. The van der Waals surface area contributed by atoms with E-state index in [2.05, 4.69) is 14.9 Å². The van der Waals surface area contributed by atoms with Crippen molar-refractivity contribution in [3.63, 3.8) is 0 Å². The normalized spacial score (nSPS) is 11.9. The lowest BCUT2D eigenvalue weighted by molar-refractivity contribution is 0.277. The fourth-order valence-electron chi connectivity index (χ4n) is 1.41. The van der Waals surface area contributed by atoms with Gasteiger partial charge in [0, 0.05) is 18.0 Å². The van der Waals surface area contributed by atoms with Crippen LogP contribution >= 0.6 is 0 Å². The van der Waals surface area contributed by atoms with Crippen LogP contribution < -0.4 is 4.72 Å². The van der Waals surface area contributed by atoms with Crippen molar-refractivity contribution in [2.45, 2.75) is 25.0 Å². The minimum absolute atomic E-state index is 0.0306. The molecule has 0 unspecified atom stereocenters. The minimum Gasteiger partial charge on any atom is -0.390 e. The molecule has 0 radical (unpaired) electrons. The number of aromatic nitrogens is 2. The molecular weight excluding hydrogens is 258 g/mol. The number of H-pyrrole nitrogens is 1. The average Bonchev–Trinajstić information content (AvgIpc) is 2.95. The maximum atomic E-state index is 11.9. The SMILES string of the molecule is Cc1cc(CNS(=O)(=O)c2c[nH]c(CO)c2)on1. The molecular formula is C10H13N3O4S. The summed E-state index contributed by atoms with van der Waals surface area (Å²) < 4.78 is 31.0. The average molecular weight is 271 g/mol.